The van der Waals surface area contributed by atoms with Crippen LogP contribution >= 0.6 is 0 Å². The summed E-state index contributed by atoms with van der Waals surface area (Å²) >= 11 is 0. The fourth-order valence-corrected chi connectivity index (χ4v) is 5.29. The third kappa shape index (κ3) is 5.25. The lowest BCUT2D eigenvalue weighted by Gasteiger charge is -2.46. The quantitative estimate of drug-likeness (QED) is 0.590. The van der Waals surface area contributed by atoms with Crippen molar-refractivity contribution in [2.24, 2.45) is 17.8 Å². The van der Waals surface area contributed by atoms with Crippen LogP contribution in [0.1, 0.15) is 19.8 Å². The average Bonchev–Trinajstić information content (AvgIpc) is 3.53. The molecule has 0 radical (unpaired) electrons. The number of rotatable bonds is 6. The van der Waals surface area contributed by atoms with Crippen LogP contribution in [0.3, 0.4) is 0 Å². The van der Waals surface area contributed by atoms with E-state index in [2.05, 4.69) is 9.97 Å². The van der Waals surface area contributed by atoms with Crippen LogP contribution in [0.4, 0.5) is 9.18 Å². The summed E-state index contributed by atoms with van der Waals surface area (Å²) in [5, 5.41) is 0. The SMILES string of the molecule is CC1(OC(=O)N2CC3COCC(C2)C3COc2ncc(-c3ccc(S(C)(=O)=O)cc3F)cn2)CC1. The Bertz CT molecular complexity index is 1200. The summed E-state index contributed by atoms with van der Waals surface area (Å²) in [5.74, 6) is -0.222. The number of fused-ring (bicyclic) bond motifs is 2. The standard InChI is InChI=1S/C24H28FN3O6S/c1-24(5-6-24)34-23(29)28-10-16-12-32-13-17(11-28)20(16)14-33-22-26-8-15(9-27-22)19-4-3-18(7-21(19)25)35(2,30)31/h3-4,7-9,16-17,20H,5-6,10-14H2,1-2H3. The first-order valence-electron chi connectivity index (χ1n) is 11.6. The van der Waals surface area contributed by atoms with Gasteiger partial charge in [0.05, 0.1) is 24.7 Å². The fourth-order valence-electron chi connectivity index (χ4n) is 4.66. The van der Waals surface area contributed by atoms with Gasteiger partial charge in [-0.1, -0.05) is 6.07 Å². The molecule has 1 amide bonds. The largest absolute Gasteiger partial charge is 0.463 e. The van der Waals surface area contributed by atoms with Gasteiger partial charge in [0.1, 0.15) is 11.4 Å². The molecule has 2 aromatic rings. The van der Waals surface area contributed by atoms with Crippen molar-refractivity contribution < 1.29 is 31.8 Å². The van der Waals surface area contributed by atoms with Gasteiger partial charge in [-0.25, -0.2) is 27.6 Å². The Hall–Kier alpha value is -2.79. The second-order valence-electron chi connectivity index (χ2n) is 9.92. The van der Waals surface area contributed by atoms with E-state index in [4.69, 9.17) is 14.2 Å². The molecule has 11 heteroatoms. The Morgan fingerprint density at radius 2 is 1.86 bits per heavy atom. The number of sulfone groups is 1. The number of halogens is 1. The van der Waals surface area contributed by atoms with Crippen molar-refractivity contribution in [2.75, 3.05) is 39.2 Å². The van der Waals surface area contributed by atoms with E-state index in [1.54, 1.807) is 4.90 Å². The summed E-state index contributed by atoms with van der Waals surface area (Å²) in [6, 6.07) is 3.91. The summed E-state index contributed by atoms with van der Waals surface area (Å²) < 4.78 is 54.9. The van der Waals surface area contributed by atoms with Crippen LogP contribution in [0.25, 0.3) is 11.1 Å². The molecule has 0 spiro atoms. The van der Waals surface area contributed by atoms with Crippen LogP contribution in [0.15, 0.2) is 35.5 Å². The van der Waals surface area contributed by atoms with E-state index in [1.165, 1.54) is 24.5 Å². The highest BCUT2D eigenvalue weighted by Gasteiger charge is 2.46. The van der Waals surface area contributed by atoms with E-state index in [0.29, 0.717) is 38.5 Å². The molecule has 1 saturated carbocycles. The van der Waals surface area contributed by atoms with Crippen molar-refractivity contribution in [2.45, 2.75) is 30.3 Å². The molecular formula is C24H28FN3O6S. The normalized spacial score (nSPS) is 25.1. The predicted molar refractivity (Wildman–Crippen MR) is 123 cm³/mol. The minimum atomic E-state index is -3.50. The van der Waals surface area contributed by atoms with Crippen LogP contribution in [0.2, 0.25) is 0 Å². The first kappa shape index (κ1) is 23.9. The van der Waals surface area contributed by atoms with Gasteiger partial charge in [-0.15, -0.1) is 0 Å². The number of benzene rings is 1. The molecule has 1 aliphatic carbocycles. The van der Waals surface area contributed by atoms with Crippen molar-refractivity contribution in [3.63, 3.8) is 0 Å². The van der Waals surface area contributed by atoms with E-state index in [1.807, 2.05) is 6.92 Å². The molecular weight excluding hydrogens is 477 g/mol. The molecule has 188 valence electrons. The summed E-state index contributed by atoms with van der Waals surface area (Å²) in [7, 11) is -3.50. The highest BCUT2D eigenvalue weighted by molar-refractivity contribution is 7.90. The van der Waals surface area contributed by atoms with Gasteiger partial charge in [-0.2, -0.15) is 0 Å². The molecule has 3 aliphatic rings. The number of piperidine rings is 1. The number of amides is 1. The fraction of sp³-hybridized carbons (Fsp3) is 0.542. The molecule has 1 aromatic carbocycles. The summed E-state index contributed by atoms with van der Waals surface area (Å²) in [6.07, 6.45) is 5.49. The van der Waals surface area contributed by atoms with Crippen LogP contribution in [0, 0.1) is 23.6 Å². The van der Waals surface area contributed by atoms with Crippen molar-refractivity contribution in [3.8, 4) is 17.1 Å². The number of hydrogen-bond donors (Lipinski definition) is 0. The molecule has 3 heterocycles. The Morgan fingerprint density at radius 1 is 1.20 bits per heavy atom. The van der Waals surface area contributed by atoms with E-state index in [9.17, 15) is 17.6 Å². The molecule has 5 rings (SSSR count). The van der Waals surface area contributed by atoms with Crippen LogP contribution in [-0.4, -0.2) is 74.1 Å². The maximum atomic E-state index is 14.5. The van der Waals surface area contributed by atoms with Crippen molar-refractivity contribution in [1.29, 1.82) is 0 Å². The number of likely N-dealkylation sites (tertiary alicyclic amines) is 1. The van der Waals surface area contributed by atoms with Crippen LogP contribution in [-0.2, 0) is 19.3 Å². The van der Waals surface area contributed by atoms with Gasteiger partial charge < -0.3 is 19.1 Å². The van der Waals surface area contributed by atoms with Gasteiger partial charge in [0.15, 0.2) is 9.84 Å². The smallest absolute Gasteiger partial charge is 0.410 e. The second-order valence-corrected chi connectivity index (χ2v) is 11.9. The third-order valence-corrected chi connectivity index (χ3v) is 8.15. The lowest BCUT2D eigenvalue weighted by Crippen LogP contribution is -2.56. The first-order valence-corrected chi connectivity index (χ1v) is 13.5. The average molecular weight is 506 g/mol. The zero-order valence-corrected chi connectivity index (χ0v) is 20.5. The van der Waals surface area contributed by atoms with Gasteiger partial charge in [-0.05, 0) is 31.9 Å². The topological polar surface area (TPSA) is 108 Å². The van der Waals surface area contributed by atoms with Gasteiger partial charge >= 0.3 is 12.1 Å². The monoisotopic (exact) mass is 505 g/mol. The molecule has 9 nitrogen and oxygen atoms in total. The molecule has 35 heavy (non-hydrogen) atoms. The van der Waals surface area contributed by atoms with Gasteiger partial charge in [-0.3, -0.25) is 0 Å². The Labute approximate surface area is 203 Å². The van der Waals surface area contributed by atoms with Crippen molar-refractivity contribution in [3.05, 3.63) is 36.4 Å². The number of aromatic nitrogens is 2. The molecule has 2 atom stereocenters. The summed E-state index contributed by atoms with van der Waals surface area (Å²) in [5.41, 5.74) is 0.316. The van der Waals surface area contributed by atoms with Crippen LogP contribution < -0.4 is 4.74 Å². The second kappa shape index (κ2) is 9.02. The number of carbonyl (C=O) groups excluding carboxylic acids is 1. The van der Waals surface area contributed by atoms with E-state index >= 15 is 0 Å². The van der Waals surface area contributed by atoms with Crippen molar-refractivity contribution in [1.82, 2.24) is 14.9 Å². The Morgan fingerprint density at radius 3 is 2.43 bits per heavy atom. The number of carbonyl (C=O) groups is 1. The minimum Gasteiger partial charge on any atom is -0.463 e. The summed E-state index contributed by atoms with van der Waals surface area (Å²) in [4.78, 5) is 22.7. The Kier molecular flexibility index (Phi) is 6.16. The maximum Gasteiger partial charge on any atom is 0.410 e. The predicted octanol–water partition coefficient (Wildman–Crippen LogP) is 2.95. The highest BCUT2D eigenvalue weighted by atomic mass is 32.2. The lowest BCUT2D eigenvalue weighted by atomic mass is 9.77. The molecule has 0 N–H and O–H groups in total. The summed E-state index contributed by atoms with van der Waals surface area (Å²) in [6.45, 7) is 4.56. The zero-order chi connectivity index (χ0) is 24.8. The van der Waals surface area contributed by atoms with Gasteiger partial charge in [0.25, 0.3) is 0 Å². The van der Waals surface area contributed by atoms with E-state index in [0.717, 1.165) is 25.2 Å². The van der Waals surface area contributed by atoms with Gasteiger partial charge in [0, 0.05) is 60.6 Å². The minimum absolute atomic E-state index is 0.0878. The van der Waals surface area contributed by atoms with Gasteiger partial charge in [0.2, 0.25) is 0 Å². The number of nitrogens with zero attached hydrogens (tertiary/aromatic N) is 3. The number of hydrogen-bond acceptors (Lipinski definition) is 8. The zero-order valence-electron chi connectivity index (χ0n) is 19.6. The number of ether oxygens (including phenoxy) is 3. The third-order valence-electron chi connectivity index (χ3n) is 7.04. The molecule has 2 bridgehead atoms. The lowest BCUT2D eigenvalue weighted by molar-refractivity contribution is -0.0928. The highest BCUT2D eigenvalue weighted by Crippen LogP contribution is 2.40. The molecule has 2 aliphatic heterocycles. The van der Waals surface area contributed by atoms with E-state index < -0.39 is 15.7 Å². The van der Waals surface area contributed by atoms with E-state index in [-0.39, 0.29) is 45.9 Å². The maximum absolute atomic E-state index is 14.5. The van der Waals surface area contributed by atoms with Crippen LogP contribution in [0.5, 0.6) is 6.01 Å². The Balaban J connectivity index is 1.20. The molecule has 2 unspecified atom stereocenters. The van der Waals surface area contributed by atoms with Crippen molar-refractivity contribution >= 4 is 15.9 Å². The molecule has 2 saturated heterocycles. The first-order chi connectivity index (χ1) is 16.6. The molecule has 3 fully saturated rings. The molecule has 1 aromatic heterocycles.